The van der Waals surface area contributed by atoms with Crippen LogP contribution >= 0.6 is 15.9 Å². The highest BCUT2D eigenvalue weighted by molar-refractivity contribution is 9.10. The first kappa shape index (κ1) is 15.3. The first-order valence-electron chi connectivity index (χ1n) is 6.79. The van der Waals surface area contributed by atoms with Crippen molar-refractivity contribution in [3.05, 3.63) is 45.9 Å². The molecule has 0 fully saturated rings. The van der Waals surface area contributed by atoms with E-state index >= 15 is 0 Å². The molecule has 3 rings (SSSR count). The maximum absolute atomic E-state index is 11.2. The third-order valence-electron chi connectivity index (χ3n) is 3.44. The minimum absolute atomic E-state index is 0.141. The lowest BCUT2D eigenvalue weighted by Crippen LogP contribution is -1.97. The van der Waals surface area contributed by atoms with Gasteiger partial charge in [0.05, 0.1) is 5.56 Å². The zero-order valence-corrected chi connectivity index (χ0v) is 13.8. The summed E-state index contributed by atoms with van der Waals surface area (Å²) in [5.74, 6) is 0.774. The van der Waals surface area contributed by atoms with Gasteiger partial charge in [-0.1, -0.05) is 22.0 Å². The quantitative estimate of drug-likeness (QED) is 0.640. The molecule has 0 unspecified atom stereocenters. The maximum Gasteiger partial charge on any atom is 0.227 e. The standard InChI is InChI=1S/C17H11BrN2O3/c1-10-12(3-2-4-13(10)18)17-20-14-7-11(9-21)15(22-6-5-19)8-16(14)23-17/h2-4,7-9H,6H2,1H3. The number of aldehydes is 1. The molecule has 0 atom stereocenters. The fourth-order valence-electron chi connectivity index (χ4n) is 2.25. The van der Waals surface area contributed by atoms with Gasteiger partial charge < -0.3 is 9.15 Å². The van der Waals surface area contributed by atoms with Gasteiger partial charge in [0.1, 0.15) is 17.3 Å². The van der Waals surface area contributed by atoms with E-state index in [0.717, 1.165) is 15.6 Å². The van der Waals surface area contributed by atoms with E-state index in [-0.39, 0.29) is 6.61 Å². The van der Waals surface area contributed by atoms with Crippen LogP contribution in [0.15, 0.2) is 39.2 Å². The van der Waals surface area contributed by atoms with Crippen LogP contribution in [0.2, 0.25) is 0 Å². The molecule has 0 bridgehead atoms. The van der Waals surface area contributed by atoms with E-state index in [4.69, 9.17) is 14.4 Å². The average Bonchev–Trinajstić information content (AvgIpc) is 2.96. The molecule has 0 saturated carbocycles. The highest BCUT2D eigenvalue weighted by Crippen LogP contribution is 2.32. The molecule has 114 valence electrons. The Balaban J connectivity index is 2.13. The Morgan fingerprint density at radius 3 is 3.00 bits per heavy atom. The molecule has 1 heterocycles. The van der Waals surface area contributed by atoms with Crippen LogP contribution in [0.25, 0.3) is 22.6 Å². The van der Waals surface area contributed by atoms with Crippen LogP contribution in [-0.4, -0.2) is 17.9 Å². The van der Waals surface area contributed by atoms with Gasteiger partial charge in [0.2, 0.25) is 5.89 Å². The van der Waals surface area contributed by atoms with E-state index < -0.39 is 0 Å². The van der Waals surface area contributed by atoms with Gasteiger partial charge in [-0.2, -0.15) is 5.26 Å². The number of fused-ring (bicyclic) bond motifs is 1. The summed E-state index contributed by atoms with van der Waals surface area (Å²) in [6.45, 7) is 1.82. The van der Waals surface area contributed by atoms with E-state index in [0.29, 0.717) is 34.6 Å². The molecule has 0 spiro atoms. The van der Waals surface area contributed by atoms with Crippen molar-refractivity contribution in [1.29, 1.82) is 5.26 Å². The van der Waals surface area contributed by atoms with Crippen molar-refractivity contribution in [1.82, 2.24) is 4.98 Å². The van der Waals surface area contributed by atoms with Crippen LogP contribution < -0.4 is 4.74 Å². The Labute approximate surface area is 140 Å². The third-order valence-corrected chi connectivity index (χ3v) is 4.30. The molecule has 0 aliphatic heterocycles. The minimum Gasteiger partial charge on any atom is -0.478 e. The molecule has 23 heavy (non-hydrogen) atoms. The molecule has 0 aliphatic rings. The van der Waals surface area contributed by atoms with Crippen LogP contribution in [0.3, 0.4) is 0 Å². The lowest BCUT2D eigenvalue weighted by molar-refractivity contribution is 0.112. The van der Waals surface area contributed by atoms with Gasteiger partial charge in [-0.05, 0) is 30.7 Å². The monoisotopic (exact) mass is 370 g/mol. The smallest absolute Gasteiger partial charge is 0.227 e. The van der Waals surface area contributed by atoms with Crippen molar-refractivity contribution in [2.45, 2.75) is 6.92 Å². The molecule has 3 aromatic rings. The van der Waals surface area contributed by atoms with E-state index in [9.17, 15) is 4.79 Å². The number of ether oxygens (including phenoxy) is 1. The molecule has 0 radical (unpaired) electrons. The van der Waals surface area contributed by atoms with E-state index in [2.05, 4.69) is 20.9 Å². The normalized spacial score (nSPS) is 10.5. The molecular formula is C17H11BrN2O3. The van der Waals surface area contributed by atoms with Crippen LogP contribution in [0.1, 0.15) is 15.9 Å². The summed E-state index contributed by atoms with van der Waals surface area (Å²) in [7, 11) is 0. The number of rotatable bonds is 4. The number of aromatic nitrogens is 1. The van der Waals surface area contributed by atoms with Crippen molar-refractivity contribution < 1.29 is 13.9 Å². The summed E-state index contributed by atoms with van der Waals surface area (Å²) >= 11 is 3.48. The molecule has 0 amide bonds. The predicted molar refractivity (Wildman–Crippen MR) is 88.4 cm³/mol. The number of oxazole rings is 1. The Morgan fingerprint density at radius 1 is 1.43 bits per heavy atom. The van der Waals surface area contributed by atoms with Gasteiger partial charge >= 0.3 is 0 Å². The van der Waals surface area contributed by atoms with E-state index in [1.54, 1.807) is 12.1 Å². The highest BCUT2D eigenvalue weighted by Gasteiger charge is 2.15. The first-order valence-corrected chi connectivity index (χ1v) is 7.58. The number of hydrogen-bond acceptors (Lipinski definition) is 5. The SMILES string of the molecule is Cc1c(Br)cccc1-c1nc2cc(C=O)c(OCC#N)cc2o1. The molecule has 1 aromatic heterocycles. The summed E-state index contributed by atoms with van der Waals surface area (Å²) in [6.07, 6.45) is 0.671. The molecule has 0 saturated heterocycles. The van der Waals surface area contributed by atoms with E-state index in [1.807, 2.05) is 31.2 Å². The summed E-state index contributed by atoms with van der Waals surface area (Å²) in [6, 6.07) is 10.8. The van der Waals surface area contributed by atoms with Crippen LogP contribution in [0.4, 0.5) is 0 Å². The van der Waals surface area contributed by atoms with Crippen LogP contribution in [-0.2, 0) is 0 Å². The molecule has 5 nitrogen and oxygen atoms in total. The first-order chi connectivity index (χ1) is 11.1. The lowest BCUT2D eigenvalue weighted by atomic mass is 10.1. The average molecular weight is 371 g/mol. The van der Waals surface area contributed by atoms with E-state index in [1.165, 1.54) is 0 Å². The predicted octanol–water partition coefficient (Wildman–Crippen LogP) is 4.28. The molecule has 2 aromatic carbocycles. The molecular weight excluding hydrogens is 360 g/mol. The number of nitrogens with zero attached hydrogens (tertiary/aromatic N) is 2. The molecule has 0 N–H and O–H groups in total. The topological polar surface area (TPSA) is 76.1 Å². The van der Waals surface area contributed by atoms with Crippen molar-refractivity contribution in [2.75, 3.05) is 6.61 Å². The number of halogens is 1. The fraction of sp³-hybridized carbons (Fsp3) is 0.118. The second kappa shape index (κ2) is 6.23. The Hall–Kier alpha value is -2.65. The van der Waals surface area contributed by atoms with Crippen LogP contribution in [0.5, 0.6) is 5.75 Å². The van der Waals surface area contributed by atoms with Gasteiger partial charge in [0.25, 0.3) is 0 Å². The number of carbonyl (C=O) groups excluding carboxylic acids is 1. The number of hydrogen-bond donors (Lipinski definition) is 0. The molecule has 6 heteroatoms. The summed E-state index contributed by atoms with van der Waals surface area (Å²) in [5.41, 5.74) is 3.26. The maximum atomic E-state index is 11.2. The van der Waals surface area contributed by atoms with Gasteiger partial charge in [-0.15, -0.1) is 0 Å². The van der Waals surface area contributed by atoms with Crippen molar-refractivity contribution >= 4 is 33.3 Å². The number of nitriles is 1. The number of benzene rings is 2. The summed E-state index contributed by atoms with van der Waals surface area (Å²) < 4.78 is 12.0. The third kappa shape index (κ3) is 2.83. The van der Waals surface area contributed by atoms with Gasteiger partial charge in [-0.25, -0.2) is 4.98 Å². The van der Waals surface area contributed by atoms with Crippen molar-refractivity contribution in [3.8, 4) is 23.3 Å². The second-order valence-electron chi connectivity index (χ2n) is 4.85. The van der Waals surface area contributed by atoms with Crippen molar-refractivity contribution in [2.24, 2.45) is 0 Å². The van der Waals surface area contributed by atoms with Gasteiger partial charge in [-0.3, -0.25) is 4.79 Å². The van der Waals surface area contributed by atoms with Gasteiger partial charge in [0, 0.05) is 16.1 Å². The van der Waals surface area contributed by atoms with Crippen LogP contribution in [0, 0.1) is 18.3 Å². The highest BCUT2D eigenvalue weighted by atomic mass is 79.9. The Kier molecular flexibility index (Phi) is 4.13. The Morgan fingerprint density at radius 2 is 2.26 bits per heavy atom. The lowest BCUT2D eigenvalue weighted by Gasteiger charge is -2.03. The molecule has 0 aliphatic carbocycles. The minimum atomic E-state index is -0.141. The zero-order chi connectivity index (χ0) is 16.4. The van der Waals surface area contributed by atoms with Crippen molar-refractivity contribution in [3.63, 3.8) is 0 Å². The fourth-order valence-corrected chi connectivity index (χ4v) is 2.62. The second-order valence-corrected chi connectivity index (χ2v) is 5.71. The summed E-state index contributed by atoms with van der Waals surface area (Å²) in [4.78, 5) is 15.6. The summed E-state index contributed by atoms with van der Waals surface area (Å²) in [5, 5.41) is 8.61. The Bertz CT molecular complexity index is 941. The largest absolute Gasteiger partial charge is 0.478 e. The van der Waals surface area contributed by atoms with Gasteiger partial charge in [0.15, 0.2) is 18.5 Å². The number of carbonyl (C=O) groups is 1. The zero-order valence-electron chi connectivity index (χ0n) is 12.2.